The summed E-state index contributed by atoms with van der Waals surface area (Å²) in [6.07, 6.45) is 1.35. The first-order valence-electron chi connectivity index (χ1n) is 4.65. The number of hydrogen-bond acceptors (Lipinski definition) is 4. The molecule has 1 amide bonds. The van der Waals surface area contributed by atoms with Crippen molar-refractivity contribution in [2.75, 3.05) is 13.2 Å². The molecule has 0 spiro atoms. The zero-order chi connectivity index (χ0) is 12.1. The second-order valence-corrected chi connectivity index (χ2v) is 4.23. The van der Waals surface area contributed by atoms with Gasteiger partial charge in [0.15, 0.2) is 0 Å². The van der Waals surface area contributed by atoms with E-state index < -0.39 is 0 Å². The molecule has 16 heavy (non-hydrogen) atoms. The number of rotatable bonds is 4. The number of halogens is 1. The number of nitrogens with zero attached hydrogens (tertiary/aromatic N) is 2. The number of carbonyl (C=O) groups excluding carboxylic acids is 1. The Kier molecular flexibility index (Phi) is 4.87. The Hall–Kier alpha value is -0.960. The van der Waals surface area contributed by atoms with Gasteiger partial charge in [-0.15, -0.1) is 0 Å². The summed E-state index contributed by atoms with van der Waals surface area (Å²) in [7, 11) is 0. The minimum atomic E-state index is -0.322. The van der Waals surface area contributed by atoms with E-state index in [1.54, 1.807) is 6.92 Å². The van der Waals surface area contributed by atoms with E-state index in [-0.39, 0.29) is 31.2 Å². The minimum absolute atomic E-state index is 0.0812. The van der Waals surface area contributed by atoms with E-state index in [0.29, 0.717) is 9.26 Å². The average Bonchev–Trinajstić information content (AvgIpc) is 2.27. The van der Waals surface area contributed by atoms with Crippen molar-refractivity contribution in [3.05, 3.63) is 25.9 Å². The van der Waals surface area contributed by atoms with Crippen LogP contribution in [0.5, 0.6) is 0 Å². The molecule has 0 aromatic carbocycles. The number of hydrogen-bond donors (Lipinski definition) is 2. The molecule has 0 aliphatic rings. The van der Waals surface area contributed by atoms with Crippen LogP contribution in [0.1, 0.15) is 5.69 Å². The van der Waals surface area contributed by atoms with Crippen LogP contribution in [-0.2, 0) is 11.3 Å². The van der Waals surface area contributed by atoms with Crippen molar-refractivity contribution >= 4 is 28.5 Å². The molecule has 6 nitrogen and oxygen atoms in total. The van der Waals surface area contributed by atoms with Gasteiger partial charge in [0.25, 0.3) is 5.56 Å². The lowest BCUT2D eigenvalue weighted by molar-refractivity contribution is -0.121. The van der Waals surface area contributed by atoms with E-state index in [1.807, 2.05) is 22.6 Å². The van der Waals surface area contributed by atoms with Gasteiger partial charge in [-0.05, 0) is 29.5 Å². The summed E-state index contributed by atoms with van der Waals surface area (Å²) in [6, 6.07) is 0. The van der Waals surface area contributed by atoms with Crippen LogP contribution in [0.25, 0.3) is 0 Å². The van der Waals surface area contributed by atoms with Gasteiger partial charge in [0, 0.05) is 6.54 Å². The van der Waals surface area contributed by atoms with Crippen LogP contribution < -0.4 is 10.9 Å². The number of aromatic nitrogens is 2. The van der Waals surface area contributed by atoms with E-state index in [4.69, 9.17) is 5.11 Å². The fourth-order valence-corrected chi connectivity index (χ4v) is 1.51. The first-order chi connectivity index (χ1) is 7.56. The molecule has 0 fully saturated rings. The van der Waals surface area contributed by atoms with E-state index in [9.17, 15) is 9.59 Å². The first kappa shape index (κ1) is 13.1. The highest BCUT2D eigenvalue weighted by Gasteiger charge is 2.08. The average molecular weight is 337 g/mol. The van der Waals surface area contributed by atoms with Gasteiger partial charge in [-0.25, -0.2) is 4.98 Å². The SMILES string of the molecule is Cc1ncn(CC(=O)NCCO)c(=O)c1I. The molecule has 0 saturated carbocycles. The highest BCUT2D eigenvalue weighted by Crippen LogP contribution is 2.00. The van der Waals surface area contributed by atoms with Crippen molar-refractivity contribution < 1.29 is 9.90 Å². The fourth-order valence-electron chi connectivity index (χ4n) is 1.06. The van der Waals surface area contributed by atoms with Gasteiger partial charge in [0.2, 0.25) is 5.91 Å². The summed E-state index contributed by atoms with van der Waals surface area (Å²) < 4.78 is 1.75. The Labute approximate surface area is 106 Å². The van der Waals surface area contributed by atoms with Crippen LogP contribution in [0.3, 0.4) is 0 Å². The molecule has 0 aliphatic heterocycles. The number of nitrogens with one attached hydrogen (secondary N) is 1. The van der Waals surface area contributed by atoms with Crippen LogP contribution in [0.4, 0.5) is 0 Å². The van der Waals surface area contributed by atoms with Crippen LogP contribution in [0, 0.1) is 10.5 Å². The zero-order valence-corrected chi connectivity index (χ0v) is 10.9. The van der Waals surface area contributed by atoms with Crippen molar-refractivity contribution in [2.24, 2.45) is 0 Å². The highest BCUT2D eigenvalue weighted by molar-refractivity contribution is 14.1. The van der Waals surface area contributed by atoms with Gasteiger partial charge >= 0.3 is 0 Å². The van der Waals surface area contributed by atoms with E-state index in [2.05, 4.69) is 10.3 Å². The Morgan fingerprint density at radius 1 is 1.69 bits per heavy atom. The van der Waals surface area contributed by atoms with Crippen LogP contribution in [0.2, 0.25) is 0 Å². The van der Waals surface area contributed by atoms with Gasteiger partial charge in [-0.2, -0.15) is 0 Å². The third-order valence-electron chi connectivity index (χ3n) is 1.90. The van der Waals surface area contributed by atoms with Crippen molar-refractivity contribution in [3.8, 4) is 0 Å². The van der Waals surface area contributed by atoms with Gasteiger partial charge < -0.3 is 10.4 Å². The molecule has 1 aromatic heterocycles. The Morgan fingerprint density at radius 3 is 3.00 bits per heavy atom. The van der Waals surface area contributed by atoms with Gasteiger partial charge in [0.1, 0.15) is 6.54 Å². The third kappa shape index (κ3) is 3.27. The van der Waals surface area contributed by atoms with Crippen LogP contribution in [0.15, 0.2) is 11.1 Å². The summed E-state index contributed by atoms with van der Waals surface area (Å²) in [4.78, 5) is 27.0. The van der Waals surface area contributed by atoms with Crippen molar-refractivity contribution in [3.63, 3.8) is 0 Å². The quantitative estimate of drug-likeness (QED) is 0.710. The van der Waals surface area contributed by atoms with Crippen molar-refractivity contribution in [1.29, 1.82) is 0 Å². The normalized spacial score (nSPS) is 10.2. The van der Waals surface area contributed by atoms with Gasteiger partial charge in [0.05, 0.1) is 22.2 Å². The minimum Gasteiger partial charge on any atom is -0.395 e. The summed E-state index contributed by atoms with van der Waals surface area (Å²) in [5.41, 5.74) is 0.421. The molecule has 88 valence electrons. The van der Waals surface area contributed by atoms with Crippen LogP contribution in [-0.4, -0.2) is 33.7 Å². The van der Waals surface area contributed by atoms with Gasteiger partial charge in [-0.1, -0.05) is 0 Å². The number of aliphatic hydroxyl groups excluding tert-OH is 1. The molecule has 1 rings (SSSR count). The zero-order valence-electron chi connectivity index (χ0n) is 8.73. The molecule has 0 radical (unpaired) electrons. The summed E-state index contributed by atoms with van der Waals surface area (Å²) in [5.74, 6) is -0.322. The van der Waals surface area contributed by atoms with E-state index in [1.165, 1.54) is 10.9 Å². The lowest BCUT2D eigenvalue weighted by Gasteiger charge is -2.07. The van der Waals surface area contributed by atoms with Crippen molar-refractivity contribution in [2.45, 2.75) is 13.5 Å². The molecule has 0 bridgehead atoms. The van der Waals surface area contributed by atoms with E-state index in [0.717, 1.165) is 0 Å². The lowest BCUT2D eigenvalue weighted by atomic mass is 10.4. The number of aryl methyl sites for hydroxylation is 1. The number of carbonyl (C=O) groups is 1. The maximum Gasteiger partial charge on any atom is 0.267 e. The topological polar surface area (TPSA) is 84.2 Å². The van der Waals surface area contributed by atoms with Crippen molar-refractivity contribution in [1.82, 2.24) is 14.9 Å². The molecule has 0 atom stereocenters. The monoisotopic (exact) mass is 337 g/mol. The second kappa shape index (κ2) is 5.94. The number of aliphatic hydroxyl groups is 1. The van der Waals surface area contributed by atoms with Crippen LogP contribution >= 0.6 is 22.6 Å². The molecule has 0 saturated heterocycles. The van der Waals surface area contributed by atoms with Gasteiger partial charge in [-0.3, -0.25) is 14.2 Å². The predicted molar refractivity (Wildman–Crippen MR) is 66.0 cm³/mol. The smallest absolute Gasteiger partial charge is 0.267 e. The summed E-state index contributed by atoms with van der Waals surface area (Å²) in [6.45, 7) is 1.72. The maximum absolute atomic E-state index is 11.7. The number of amides is 1. The molecule has 7 heteroatoms. The Bertz CT molecular complexity index is 444. The molecule has 2 N–H and O–H groups in total. The largest absolute Gasteiger partial charge is 0.395 e. The predicted octanol–water partition coefficient (Wildman–Crippen LogP) is -0.735. The summed E-state index contributed by atoms with van der Waals surface area (Å²) >= 11 is 1.90. The molecule has 0 aliphatic carbocycles. The van der Waals surface area contributed by atoms with E-state index >= 15 is 0 Å². The Morgan fingerprint density at radius 2 is 2.38 bits per heavy atom. The molecule has 1 heterocycles. The fraction of sp³-hybridized carbons (Fsp3) is 0.444. The highest BCUT2D eigenvalue weighted by atomic mass is 127. The molecule has 1 aromatic rings. The lowest BCUT2D eigenvalue weighted by Crippen LogP contribution is -2.34. The molecular formula is C9H12IN3O3. The summed E-state index contributed by atoms with van der Waals surface area (Å²) in [5, 5.41) is 11.0. The Balaban J connectivity index is 2.79. The second-order valence-electron chi connectivity index (χ2n) is 3.15. The maximum atomic E-state index is 11.7. The first-order valence-corrected chi connectivity index (χ1v) is 5.73. The molecular weight excluding hydrogens is 325 g/mol. The standard InChI is InChI=1S/C9H12IN3O3/c1-6-8(10)9(16)13(5-12-6)4-7(15)11-2-3-14/h5,14H,2-4H2,1H3,(H,11,15). The molecule has 0 unspecified atom stereocenters. The third-order valence-corrected chi connectivity index (χ3v) is 3.15.